The first kappa shape index (κ1) is 28.4. The van der Waals surface area contributed by atoms with Gasteiger partial charge in [0, 0.05) is 11.6 Å². The SMILES string of the molecule is CCCCCOc1ccc(-c2ccc(OCC(OC(=O)CCOC(C)CC)C(F)(F)F)nn2)cc1. The highest BCUT2D eigenvalue weighted by molar-refractivity contribution is 5.69. The Morgan fingerprint density at radius 1 is 0.971 bits per heavy atom. The van der Waals surface area contributed by atoms with E-state index in [0.29, 0.717) is 12.3 Å². The molecule has 194 valence electrons. The fourth-order valence-corrected chi connectivity index (χ4v) is 2.85. The second-order valence-electron chi connectivity index (χ2n) is 8.01. The molecule has 0 amide bonds. The Labute approximate surface area is 203 Å². The average molecular weight is 499 g/mol. The molecule has 35 heavy (non-hydrogen) atoms. The van der Waals surface area contributed by atoms with E-state index in [1.165, 1.54) is 6.07 Å². The van der Waals surface area contributed by atoms with E-state index >= 15 is 0 Å². The number of unbranched alkanes of at least 4 members (excludes halogenated alkanes) is 2. The molecular formula is C25H33F3N2O5. The molecular weight excluding hydrogens is 465 g/mol. The molecule has 0 fully saturated rings. The van der Waals surface area contributed by atoms with Crippen molar-refractivity contribution < 1.29 is 36.9 Å². The van der Waals surface area contributed by atoms with Crippen molar-refractivity contribution in [1.29, 1.82) is 0 Å². The molecule has 2 unspecified atom stereocenters. The molecule has 0 N–H and O–H groups in total. The van der Waals surface area contributed by atoms with Crippen molar-refractivity contribution in [2.45, 2.75) is 71.3 Å². The first-order valence-electron chi connectivity index (χ1n) is 11.8. The van der Waals surface area contributed by atoms with Crippen molar-refractivity contribution >= 4 is 5.97 Å². The number of esters is 1. The van der Waals surface area contributed by atoms with Crippen LogP contribution in [0.3, 0.4) is 0 Å². The van der Waals surface area contributed by atoms with Crippen molar-refractivity contribution in [2.75, 3.05) is 19.8 Å². The second kappa shape index (κ2) is 14.5. The fraction of sp³-hybridized carbons (Fsp3) is 0.560. The largest absolute Gasteiger partial charge is 0.494 e. The van der Waals surface area contributed by atoms with Gasteiger partial charge < -0.3 is 18.9 Å². The number of nitrogens with zero attached hydrogens (tertiary/aromatic N) is 2. The van der Waals surface area contributed by atoms with Crippen LogP contribution in [-0.4, -0.2) is 54.4 Å². The molecule has 1 heterocycles. The molecule has 0 saturated carbocycles. The quantitative estimate of drug-likeness (QED) is 0.228. The van der Waals surface area contributed by atoms with Gasteiger partial charge in [0.05, 0.1) is 31.4 Å². The average Bonchev–Trinajstić information content (AvgIpc) is 2.84. The van der Waals surface area contributed by atoms with Crippen molar-refractivity contribution in [3.63, 3.8) is 0 Å². The Hall–Kier alpha value is -2.88. The van der Waals surface area contributed by atoms with Crippen molar-refractivity contribution in [3.8, 4) is 22.9 Å². The molecule has 7 nitrogen and oxygen atoms in total. The van der Waals surface area contributed by atoms with Crippen molar-refractivity contribution in [2.24, 2.45) is 0 Å². The van der Waals surface area contributed by atoms with E-state index in [1.54, 1.807) is 6.07 Å². The second-order valence-corrected chi connectivity index (χ2v) is 8.01. The van der Waals surface area contributed by atoms with Gasteiger partial charge in [-0.05, 0) is 50.1 Å². The number of ether oxygens (including phenoxy) is 4. The minimum atomic E-state index is -4.79. The lowest BCUT2D eigenvalue weighted by Crippen LogP contribution is -2.39. The maximum Gasteiger partial charge on any atom is 0.428 e. The molecule has 0 aliphatic carbocycles. The van der Waals surface area contributed by atoms with Crippen LogP contribution in [-0.2, 0) is 14.3 Å². The molecule has 2 atom stereocenters. The molecule has 0 radical (unpaired) electrons. The number of carbonyl (C=O) groups is 1. The van der Waals surface area contributed by atoms with E-state index in [9.17, 15) is 18.0 Å². The summed E-state index contributed by atoms with van der Waals surface area (Å²) in [6, 6.07) is 10.3. The number of aromatic nitrogens is 2. The van der Waals surface area contributed by atoms with Gasteiger partial charge in [-0.15, -0.1) is 10.2 Å². The zero-order chi connectivity index (χ0) is 25.7. The van der Waals surface area contributed by atoms with Crippen LogP contribution in [0.4, 0.5) is 13.2 Å². The van der Waals surface area contributed by atoms with Gasteiger partial charge in [0.2, 0.25) is 12.0 Å². The Morgan fingerprint density at radius 2 is 1.71 bits per heavy atom. The van der Waals surface area contributed by atoms with Gasteiger partial charge in [0.15, 0.2) is 0 Å². The normalized spacial score (nSPS) is 13.2. The molecule has 1 aromatic carbocycles. The Balaban J connectivity index is 1.87. The van der Waals surface area contributed by atoms with Crippen LogP contribution in [0, 0.1) is 0 Å². The summed E-state index contributed by atoms with van der Waals surface area (Å²) >= 11 is 0. The predicted molar refractivity (Wildman–Crippen MR) is 124 cm³/mol. The third kappa shape index (κ3) is 10.5. The van der Waals surface area contributed by atoms with E-state index in [1.807, 2.05) is 38.1 Å². The first-order valence-corrected chi connectivity index (χ1v) is 11.8. The summed E-state index contributed by atoms with van der Waals surface area (Å²) in [5.74, 6) is -0.384. The zero-order valence-electron chi connectivity index (χ0n) is 20.3. The third-order valence-corrected chi connectivity index (χ3v) is 5.11. The standard InChI is InChI=1S/C25H33F3N2O5/c1-4-6-7-15-33-20-10-8-19(9-11-20)21-12-13-23(30-29-21)34-17-22(25(26,27)28)35-24(31)14-16-32-18(3)5-2/h8-13,18,22H,4-7,14-17H2,1-3H3. The van der Waals surface area contributed by atoms with Crippen molar-refractivity contribution in [1.82, 2.24) is 10.2 Å². The smallest absolute Gasteiger partial charge is 0.428 e. The molecule has 0 bridgehead atoms. The molecule has 1 aromatic heterocycles. The predicted octanol–water partition coefficient (Wildman–Crippen LogP) is 5.77. The molecule has 10 heteroatoms. The number of hydrogen-bond acceptors (Lipinski definition) is 7. The van der Waals surface area contributed by atoms with E-state index < -0.39 is 24.9 Å². The van der Waals surface area contributed by atoms with Crippen molar-refractivity contribution in [3.05, 3.63) is 36.4 Å². The summed E-state index contributed by atoms with van der Waals surface area (Å²) in [5, 5.41) is 7.84. The lowest BCUT2D eigenvalue weighted by molar-refractivity contribution is -0.227. The molecule has 0 aliphatic rings. The molecule has 2 rings (SSSR count). The summed E-state index contributed by atoms with van der Waals surface area (Å²) in [5.41, 5.74) is 1.29. The fourth-order valence-electron chi connectivity index (χ4n) is 2.85. The maximum atomic E-state index is 13.3. The molecule has 0 saturated heterocycles. The van der Waals surface area contributed by atoms with E-state index in [4.69, 9.17) is 14.2 Å². The number of hydrogen-bond donors (Lipinski definition) is 0. The summed E-state index contributed by atoms with van der Waals surface area (Å²) in [6.45, 7) is 5.54. The number of halogens is 3. The number of carbonyl (C=O) groups excluding carboxylic acids is 1. The van der Waals surface area contributed by atoms with E-state index in [2.05, 4.69) is 21.9 Å². The summed E-state index contributed by atoms with van der Waals surface area (Å²) < 4.78 is 60.5. The van der Waals surface area contributed by atoms with Gasteiger partial charge in [-0.25, -0.2) is 0 Å². The highest BCUT2D eigenvalue weighted by atomic mass is 19.4. The van der Waals surface area contributed by atoms with Gasteiger partial charge in [-0.3, -0.25) is 4.79 Å². The van der Waals surface area contributed by atoms with Crippen LogP contribution in [0.25, 0.3) is 11.3 Å². The van der Waals surface area contributed by atoms with Crippen LogP contribution in [0.15, 0.2) is 36.4 Å². The molecule has 0 aliphatic heterocycles. The Bertz CT molecular complexity index is 876. The number of alkyl halides is 3. The van der Waals surface area contributed by atoms with Gasteiger partial charge in [0.1, 0.15) is 12.4 Å². The Kier molecular flexibility index (Phi) is 11.8. The lowest BCUT2D eigenvalue weighted by Gasteiger charge is -2.21. The molecule has 2 aromatic rings. The van der Waals surface area contributed by atoms with Crippen LogP contribution in [0.5, 0.6) is 11.6 Å². The van der Waals surface area contributed by atoms with Gasteiger partial charge in [-0.2, -0.15) is 13.2 Å². The van der Waals surface area contributed by atoms with Crippen LogP contribution < -0.4 is 9.47 Å². The van der Waals surface area contributed by atoms with Crippen LogP contribution >= 0.6 is 0 Å². The highest BCUT2D eigenvalue weighted by Gasteiger charge is 2.43. The minimum absolute atomic E-state index is 0.0157. The number of benzene rings is 1. The minimum Gasteiger partial charge on any atom is -0.494 e. The number of rotatable bonds is 15. The van der Waals surface area contributed by atoms with Gasteiger partial charge in [-0.1, -0.05) is 26.7 Å². The third-order valence-electron chi connectivity index (χ3n) is 5.11. The highest BCUT2D eigenvalue weighted by Crippen LogP contribution is 2.25. The summed E-state index contributed by atoms with van der Waals surface area (Å²) in [7, 11) is 0. The summed E-state index contributed by atoms with van der Waals surface area (Å²) in [4.78, 5) is 11.8. The topological polar surface area (TPSA) is 79.8 Å². The van der Waals surface area contributed by atoms with Crippen LogP contribution in [0.1, 0.15) is 52.9 Å². The van der Waals surface area contributed by atoms with Crippen LogP contribution in [0.2, 0.25) is 0 Å². The maximum absolute atomic E-state index is 13.3. The molecule has 0 spiro atoms. The van der Waals surface area contributed by atoms with Gasteiger partial charge in [0.25, 0.3) is 0 Å². The lowest BCUT2D eigenvalue weighted by atomic mass is 10.1. The monoisotopic (exact) mass is 498 g/mol. The van der Waals surface area contributed by atoms with E-state index in [-0.39, 0.29) is 25.0 Å². The van der Waals surface area contributed by atoms with E-state index in [0.717, 1.165) is 37.0 Å². The zero-order valence-corrected chi connectivity index (χ0v) is 20.3. The van der Waals surface area contributed by atoms with Gasteiger partial charge >= 0.3 is 12.1 Å². The summed E-state index contributed by atoms with van der Waals surface area (Å²) in [6.07, 6.45) is -3.63. The first-order chi connectivity index (χ1) is 16.7. The Morgan fingerprint density at radius 3 is 2.31 bits per heavy atom.